The summed E-state index contributed by atoms with van der Waals surface area (Å²) in [5, 5.41) is 8.28. The highest BCUT2D eigenvalue weighted by Crippen LogP contribution is 2.25. The van der Waals surface area contributed by atoms with E-state index in [9.17, 15) is 18.0 Å². The number of hydrogen-bond acceptors (Lipinski definition) is 7. The molecule has 10 nitrogen and oxygen atoms in total. The zero-order valence-electron chi connectivity index (χ0n) is 21.2. The Hall–Kier alpha value is -2.93. The minimum absolute atomic E-state index is 0.0419. The standard InChI is InChI=1S/C26H33N5O5S2/c27-38(34,35)21-8-5-19(6-9-21)11-12-28-24(32)4-2-1-3-13-31-25(33)22-18-20(30-14-16-36-17-15-30)7-10-23(22)29-26(31)37/h5-10,18,22H,1-4,11-17H2,(H,28,32)(H2,27,34,35). The third-order valence-corrected chi connectivity index (χ3v) is 7.96. The van der Waals surface area contributed by atoms with Gasteiger partial charge in [0.2, 0.25) is 27.0 Å². The molecule has 204 valence electrons. The molecule has 4 rings (SSSR count). The number of allylic oxidation sites excluding steroid dienone is 2. The van der Waals surface area contributed by atoms with Gasteiger partial charge in [0, 0.05) is 38.3 Å². The molecule has 2 aliphatic heterocycles. The lowest BCUT2D eigenvalue weighted by Gasteiger charge is -2.35. The van der Waals surface area contributed by atoms with E-state index >= 15 is 0 Å². The van der Waals surface area contributed by atoms with Gasteiger partial charge in [0.1, 0.15) is 5.92 Å². The van der Waals surface area contributed by atoms with Gasteiger partial charge in [0.15, 0.2) is 0 Å². The Morgan fingerprint density at radius 1 is 1.13 bits per heavy atom. The molecule has 2 heterocycles. The van der Waals surface area contributed by atoms with E-state index in [1.165, 1.54) is 12.1 Å². The maximum absolute atomic E-state index is 13.2. The minimum Gasteiger partial charge on any atom is -0.378 e. The quantitative estimate of drug-likeness (QED) is 0.310. The SMILES string of the molecule is NS(=O)(=O)c1ccc(CCNC(=O)CCCCCN2C(=O)C3C=C(N4CCOCC4)C=CC3=NC2=S)cc1. The highest BCUT2D eigenvalue weighted by Gasteiger charge is 2.35. The minimum atomic E-state index is -3.71. The highest BCUT2D eigenvalue weighted by molar-refractivity contribution is 7.89. The fraction of sp³-hybridized carbons (Fsp3) is 0.462. The van der Waals surface area contributed by atoms with Gasteiger partial charge in [-0.05, 0) is 67.4 Å². The number of aliphatic imine (C=N–C) groups is 1. The van der Waals surface area contributed by atoms with Gasteiger partial charge in [-0.1, -0.05) is 18.6 Å². The number of hydrogen-bond donors (Lipinski definition) is 2. The molecule has 0 saturated carbocycles. The van der Waals surface area contributed by atoms with E-state index in [4.69, 9.17) is 22.1 Å². The third-order valence-electron chi connectivity index (χ3n) is 6.72. The second-order valence-corrected chi connectivity index (χ2v) is 11.3. The van der Waals surface area contributed by atoms with Crippen LogP contribution in [0.5, 0.6) is 0 Å². The van der Waals surface area contributed by atoms with Gasteiger partial charge in [0.25, 0.3) is 0 Å². The first-order chi connectivity index (χ1) is 18.2. The number of nitrogens with two attached hydrogens (primary N) is 1. The topological polar surface area (TPSA) is 134 Å². The Labute approximate surface area is 228 Å². The molecular weight excluding hydrogens is 526 g/mol. The lowest BCUT2D eigenvalue weighted by molar-refractivity contribution is -0.128. The van der Waals surface area contributed by atoms with Crippen molar-refractivity contribution in [3.05, 3.63) is 53.8 Å². The highest BCUT2D eigenvalue weighted by atomic mass is 32.2. The Bertz CT molecular complexity index is 1250. The van der Waals surface area contributed by atoms with Crippen LogP contribution >= 0.6 is 12.2 Å². The van der Waals surface area contributed by atoms with Gasteiger partial charge in [-0.25, -0.2) is 18.5 Å². The number of benzene rings is 1. The second kappa shape index (κ2) is 12.7. The van der Waals surface area contributed by atoms with Crippen LogP contribution in [0.3, 0.4) is 0 Å². The van der Waals surface area contributed by atoms with Crippen molar-refractivity contribution in [3.8, 4) is 0 Å². The molecule has 12 heteroatoms. The van der Waals surface area contributed by atoms with Crippen molar-refractivity contribution in [2.24, 2.45) is 16.0 Å². The lowest BCUT2D eigenvalue weighted by Crippen LogP contribution is -2.47. The van der Waals surface area contributed by atoms with Gasteiger partial charge in [-0.2, -0.15) is 0 Å². The van der Waals surface area contributed by atoms with Crippen LogP contribution in [-0.4, -0.2) is 80.2 Å². The molecule has 0 spiro atoms. The molecule has 1 aromatic rings. The first-order valence-corrected chi connectivity index (χ1v) is 14.7. The van der Waals surface area contributed by atoms with Gasteiger partial charge < -0.3 is 15.0 Å². The summed E-state index contributed by atoms with van der Waals surface area (Å²) in [6, 6.07) is 6.30. The van der Waals surface area contributed by atoms with Crippen LogP contribution in [0.2, 0.25) is 0 Å². The second-order valence-electron chi connectivity index (χ2n) is 9.41. The predicted molar refractivity (Wildman–Crippen MR) is 148 cm³/mol. The molecule has 1 saturated heterocycles. The molecule has 1 aromatic carbocycles. The van der Waals surface area contributed by atoms with Crippen LogP contribution in [-0.2, 0) is 30.8 Å². The molecule has 0 bridgehead atoms. The normalized spacial score (nSPS) is 19.7. The van der Waals surface area contributed by atoms with Crippen molar-refractivity contribution in [3.63, 3.8) is 0 Å². The zero-order chi connectivity index (χ0) is 27.1. The molecule has 2 amide bonds. The van der Waals surface area contributed by atoms with E-state index in [0.717, 1.165) is 37.2 Å². The predicted octanol–water partition coefficient (Wildman–Crippen LogP) is 1.52. The molecule has 1 aliphatic carbocycles. The summed E-state index contributed by atoms with van der Waals surface area (Å²) < 4.78 is 28.1. The van der Waals surface area contributed by atoms with Crippen LogP contribution in [0.1, 0.15) is 31.2 Å². The number of carbonyl (C=O) groups is 2. The molecule has 3 N–H and O–H groups in total. The van der Waals surface area contributed by atoms with Crippen LogP contribution in [0, 0.1) is 5.92 Å². The summed E-state index contributed by atoms with van der Waals surface area (Å²) in [5.41, 5.74) is 2.61. The molecule has 1 atom stereocenters. The number of carbonyl (C=O) groups excluding carboxylic acids is 2. The van der Waals surface area contributed by atoms with Gasteiger partial charge in [-0.15, -0.1) is 0 Å². The average molecular weight is 560 g/mol. The number of nitrogens with one attached hydrogen (secondary N) is 1. The van der Waals surface area contributed by atoms with Crippen molar-refractivity contribution in [1.29, 1.82) is 0 Å². The van der Waals surface area contributed by atoms with Crippen molar-refractivity contribution >= 4 is 44.9 Å². The summed E-state index contributed by atoms with van der Waals surface area (Å²) in [5.74, 6) is -0.518. The molecule has 38 heavy (non-hydrogen) atoms. The Kier molecular flexibility index (Phi) is 9.42. The van der Waals surface area contributed by atoms with E-state index in [1.54, 1.807) is 17.0 Å². The average Bonchev–Trinajstić information content (AvgIpc) is 2.90. The molecule has 1 unspecified atom stereocenters. The summed E-state index contributed by atoms with van der Waals surface area (Å²) in [7, 11) is -3.71. The maximum Gasteiger partial charge on any atom is 0.241 e. The monoisotopic (exact) mass is 559 g/mol. The number of morpholine rings is 1. The van der Waals surface area contributed by atoms with Crippen molar-refractivity contribution < 1.29 is 22.7 Å². The third kappa shape index (κ3) is 7.34. The van der Waals surface area contributed by atoms with Gasteiger partial charge in [-0.3, -0.25) is 14.5 Å². The lowest BCUT2D eigenvalue weighted by atomic mass is 9.93. The zero-order valence-corrected chi connectivity index (χ0v) is 22.8. The number of nitrogens with zero attached hydrogens (tertiary/aromatic N) is 3. The van der Waals surface area contributed by atoms with Gasteiger partial charge >= 0.3 is 0 Å². The smallest absolute Gasteiger partial charge is 0.241 e. The molecule has 3 aliphatic rings. The number of primary sulfonamides is 1. The maximum atomic E-state index is 13.2. The van der Waals surface area contributed by atoms with Crippen LogP contribution in [0.4, 0.5) is 0 Å². The summed E-state index contributed by atoms with van der Waals surface area (Å²) >= 11 is 5.40. The summed E-state index contributed by atoms with van der Waals surface area (Å²) in [6.07, 6.45) is 9.03. The number of unbranched alkanes of at least 4 members (excludes halogenated alkanes) is 2. The Morgan fingerprint density at radius 3 is 2.58 bits per heavy atom. The van der Waals surface area contributed by atoms with Crippen LogP contribution in [0.15, 0.2) is 58.1 Å². The fourth-order valence-corrected chi connectivity index (χ4v) is 5.38. The van der Waals surface area contributed by atoms with Crippen molar-refractivity contribution in [1.82, 2.24) is 15.1 Å². The van der Waals surface area contributed by atoms with E-state index < -0.39 is 15.9 Å². The Morgan fingerprint density at radius 2 is 1.87 bits per heavy atom. The summed E-state index contributed by atoms with van der Waals surface area (Å²) in [4.78, 5) is 33.7. The van der Waals surface area contributed by atoms with Gasteiger partial charge in [0.05, 0.1) is 23.8 Å². The van der Waals surface area contributed by atoms with Crippen molar-refractivity contribution in [2.45, 2.75) is 37.0 Å². The van der Waals surface area contributed by atoms with Crippen LogP contribution < -0.4 is 10.5 Å². The molecule has 1 fully saturated rings. The number of amides is 2. The molecule has 0 radical (unpaired) electrons. The first-order valence-electron chi connectivity index (χ1n) is 12.8. The molecular formula is C26H33N5O5S2. The number of fused-ring (bicyclic) bond motifs is 1. The first kappa shape index (κ1) is 28.1. The largest absolute Gasteiger partial charge is 0.378 e. The van der Waals surface area contributed by atoms with E-state index in [1.807, 2.05) is 18.2 Å². The Balaban J connectivity index is 1.16. The van der Waals surface area contributed by atoms with Crippen molar-refractivity contribution in [2.75, 3.05) is 39.4 Å². The van der Waals surface area contributed by atoms with E-state index in [-0.39, 0.29) is 16.7 Å². The number of sulfonamides is 1. The summed E-state index contributed by atoms with van der Waals surface area (Å²) in [6.45, 7) is 3.89. The van der Waals surface area contributed by atoms with E-state index in [2.05, 4.69) is 15.2 Å². The number of ether oxygens (including phenoxy) is 1. The fourth-order valence-electron chi connectivity index (χ4n) is 4.57. The number of rotatable bonds is 11. The van der Waals surface area contributed by atoms with E-state index in [0.29, 0.717) is 56.4 Å². The molecule has 0 aromatic heterocycles. The number of thiocarbonyl (C=S) groups is 1. The van der Waals surface area contributed by atoms with Crippen LogP contribution in [0.25, 0.3) is 0 Å².